The van der Waals surface area contributed by atoms with Gasteiger partial charge in [0.15, 0.2) is 0 Å². The van der Waals surface area contributed by atoms with Gasteiger partial charge < -0.3 is 9.47 Å². The second-order valence-electron chi connectivity index (χ2n) is 7.18. The molecule has 2 aliphatic rings. The van der Waals surface area contributed by atoms with Crippen molar-refractivity contribution in [2.45, 2.75) is 70.5 Å². The first-order valence-electron chi connectivity index (χ1n) is 8.99. The molecule has 24 heavy (non-hydrogen) atoms. The summed E-state index contributed by atoms with van der Waals surface area (Å²) in [5.41, 5.74) is 0.466. The number of nitrogens with zero attached hydrogens (tertiary/aromatic N) is 2. The Morgan fingerprint density at radius 2 is 2.04 bits per heavy atom. The van der Waals surface area contributed by atoms with E-state index in [2.05, 4.69) is 11.9 Å². The molecule has 0 bridgehead atoms. The van der Waals surface area contributed by atoms with Gasteiger partial charge >= 0.3 is 0 Å². The summed E-state index contributed by atoms with van der Waals surface area (Å²) in [5.74, 6) is 0.482. The predicted octanol–water partition coefficient (Wildman–Crippen LogP) is 4.28. The standard InChI is InChI=1S/C18H26N2O4/c1-2-3-10-23-16-11-18(12-16)8-6-15(7-9-18)24-17-5-4-14(13-19-17)20(21)22/h4-5,13,15-16H,2-3,6-12H2,1H3. The molecule has 2 aliphatic carbocycles. The van der Waals surface area contributed by atoms with Crippen LogP contribution in [0.5, 0.6) is 5.88 Å². The van der Waals surface area contributed by atoms with Crippen molar-refractivity contribution >= 4 is 5.69 Å². The molecule has 1 heterocycles. The summed E-state index contributed by atoms with van der Waals surface area (Å²) in [6.45, 7) is 3.08. The van der Waals surface area contributed by atoms with Crippen molar-refractivity contribution in [3.63, 3.8) is 0 Å². The smallest absolute Gasteiger partial charge is 0.287 e. The molecule has 132 valence electrons. The predicted molar refractivity (Wildman–Crippen MR) is 90.1 cm³/mol. The van der Waals surface area contributed by atoms with Gasteiger partial charge in [0.1, 0.15) is 12.3 Å². The van der Waals surface area contributed by atoms with Gasteiger partial charge in [0.05, 0.1) is 11.0 Å². The van der Waals surface area contributed by atoms with Gasteiger partial charge in [0, 0.05) is 18.7 Å². The lowest BCUT2D eigenvalue weighted by molar-refractivity contribution is -0.385. The van der Waals surface area contributed by atoms with E-state index in [1.807, 2.05) is 0 Å². The molecule has 0 aromatic carbocycles. The molecule has 6 heteroatoms. The molecule has 0 amide bonds. The van der Waals surface area contributed by atoms with E-state index in [4.69, 9.17) is 9.47 Å². The number of hydrogen-bond acceptors (Lipinski definition) is 5. The van der Waals surface area contributed by atoms with Gasteiger partial charge in [-0.3, -0.25) is 10.1 Å². The first-order valence-corrected chi connectivity index (χ1v) is 8.99. The fourth-order valence-electron chi connectivity index (χ4n) is 3.87. The van der Waals surface area contributed by atoms with Crippen molar-refractivity contribution in [1.82, 2.24) is 4.98 Å². The van der Waals surface area contributed by atoms with E-state index in [1.165, 1.54) is 44.4 Å². The molecule has 0 atom stereocenters. The maximum atomic E-state index is 10.6. The van der Waals surface area contributed by atoms with Gasteiger partial charge in [-0.25, -0.2) is 4.98 Å². The average molecular weight is 334 g/mol. The lowest BCUT2D eigenvalue weighted by atomic mass is 9.59. The second-order valence-corrected chi connectivity index (χ2v) is 7.18. The molecule has 0 aliphatic heterocycles. The quantitative estimate of drug-likeness (QED) is 0.423. The van der Waals surface area contributed by atoms with E-state index >= 15 is 0 Å². The Bertz CT molecular complexity index is 545. The van der Waals surface area contributed by atoms with Gasteiger partial charge in [-0.05, 0) is 50.4 Å². The van der Waals surface area contributed by atoms with Gasteiger partial charge in [0.2, 0.25) is 5.88 Å². The maximum Gasteiger partial charge on any atom is 0.287 e. The number of unbranched alkanes of at least 4 members (excludes halogenated alkanes) is 1. The van der Waals surface area contributed by atoms with Crippen LogP contribution in [-0.4, -0.2) is 28.7 Å². The summed E-state index contributed by atoms with van der Waals surface area (Å²) in [6.07, 6.45) is 11.0. The number of nitro groups is 1. The number of rotatable bonds is 7. The zero-order valence-corrected chi connectivity index (χ0v) is 14.3. The van der Waals surface area contributed by atoms with Crippen LogP contribution in [0.3, 0.4) is 0 Å². The number of hydrogen-bond donors (Lipinski definition) is 0. The van der Waals surface area contributed by atoms with Gasteiger partial charge in [-0.15, -0.1) is 0 Å². The molecular weight excluding hydrogens is 308 g/mol. The van der Waals surface area contributed by atoms with E-state index in [9.17, 15) is 10.1 Å². The summed E-state index contributed by atoms with van der Waals surface area (Å²) in [6, 6.07) is 3.03. The zero-order chi connectivity index (χ0) is 17.0. The summed E-state index contributed by atoms with van der Waals surface area (Å²) < 4.78 is 11.8. The highest BCUT2D eigenvalue weighted by Crippen LogP contribution is 2.53. The van der Waals surface area contributed by atoms with Crippen LogP contribution < -0.4 is 4.74 Å². The number of pyridine rings is 1. The monoisotopic (exact) mass is 334 g/mol. The maximum absolute atomic E-state index is 10.6. The highest BCUT2D eigenvalue weighted by Gasteiger charge is 2.46. The molecule has 0 radical (unpaired) electrons. The van der Waals surface area contributed by atoms with Gasteiger partial charge in [-0.2, -0.15) is 0 Å². The van der Waals surface area contributed by atoms with Gasteiger partial charge in [-0.1, -0.05) is 13.3 Å². The molecular formula is C18H26N2O4. The Morgan fingerprint density at radius 1 is 1.29 bits per heavy atom. The number of ether oxygens (including phenoxy) is 2. The first-order chi connectivity index (χ1) is 11.6. The fourth-order valence-corrected chi connectivity index (χ4v) is 3.87. The molecule has 1 aromatic rings. The van der Waals surface area contributed by atoms with Crippen molar-refractivity contribution in [1.29, 1.82) is 0 Å². The van der Waals surface area contributed by atoms with Crippen LogP contribution in [-0.2, 0) is 4.74 Å². The minimum atomic E-state index is -0.448. The lowest BCUT2D eigenvalue weighted by Crippen LogP contribution is -2.46. The molecule has 2 fully saturated rings. The molecule has 0 N–H and O–H groups in total. The molecule has 3 rings (SSSR count). The van der Waals surface area contributed by atoms with E-state index in [0.717, 1.165) is 25.9 Å². The third-order valence-corrected chi connectivity index (χ3v) is 5.39. The Balaban J connectivity index is 1.40. The lowest BCUT2D eigenvalue weighted by Gasteiger charge is -2.51. The molecule has 1 spiro atoms. The topological polar surface area (TPSA) is 74.5 Å². The van der Waals surface area contributed by atoms with E-state index in [-0.39, 0.29) is 11.8 Å². The Kier molecular flexibility index (Phi) is 5.33. The van der Waals surface area contributed by atoms with Crippen molar-refractivity contribution in [3.05, 3.63) is 28.4 Å². The van der Waals surface area contributed by atoms with Crippen LogP contribution in [0.2, 0.25) is 0 Å². The van der Waals surface area contributed by atoms with Crippen LogP contribution in [0.25, 0.3) is 0 Å². The number of aromatic nitrogens is 1. The largest absolute Gasteiger partial charge is 0.474 e. The Labute approximate surface area is 142 Å². The Hall–Kier alpha value is -1.69. The summed E-state index contributed by atoms with van der Waals surface area (Å²) >= 11 is 0. The first kappa shape index (κ1) is 17.1. The molecule has 6 nitrogen and oxygen atoms in total. The van der Waals surface area contributed by atoms with Crippen molar-refractivity contribution in [2.24, 2.45) is 5.41 Å². The van der Waals surface area contributed by atoms with Crippen molar-refractivity contribution in [3.8, 4) is 5.88 Å². The van der Waals surface area contributed by atoms with Gasteiger partial charge in [0.25, 0.3) is 5.69 Å². The fraction of sp³-hybridized carbons (Fsp3) is 0.722. The third-order valence-electron chi connectivity index (χ3n) is 5.39. The van der Waals surface area contributed by atoms with Crippen molar-refractivity contribution < 1.29 is 14.4 Å². The minimum absolute atomic E-state index is 0.00599. The van der Waals surface area contributed by atoms with E-state index in [0.29, 0.717) is 17.4 Å². The van der Waals surface area contributed by atoms with Crippen molar-refractivity contribution in [2.75, 3.05) is 6.61 Å². The molecule has 0 saturated heterocycles. The normalized spacial score (nSPS) is 29.2. The Morgan fingerprint density at radius 3 is 2.62 bits per heavy atom. The molecule has 0 unspecified atom stereocenters. The SMILES string of the molecule is CCCCOC1CC2(CCC(Oc3ccc([N+](=O)[O-])cn3)CC2)C1. The van der Waals surface area contributed by atoms with Crippen LogP contribution in [0.1, 0.15) is 58.3 Å². The summed E-state index contributed by atoms with van der Waals surface area (Å²) in [4.78, 5) is 14.2. The summed E-state index contributed by atoms with van der Waals surface area (Å²) in [5, 5.41) is 10.6. The third kappa shape index (κ3) is 4.04. The van der Waals surface area contributed by atoms with E-state index in [1.54, 1.807) is 6.07 Å². The average Bonchev–Trinajstić information content (AvgIpc) is 2.55. The van der Waals surface area contributed by atoms with Crippen LogP contribution >= 0.6 is 0 Å². The van der Waals surface area contributed by atoms with Crippen LogP contribution in [0, 0.1) is 15.5 Å². The van der Waals surface area contributed by atoms with E-state index < -0.39 is 4.92 Å². The second kappa shape index (κ2) is 7.47. The van der Waals surface area contributed by atoms with Crippen LogP contribution in [0.4, 0.5) is 5.69 Å². The highest BCUT2D eigenvalue weighted by molar-refractivity contribution is 5.29. The minimum Gasteiger partial charge on any atom is -0.474 e. The molecule has 2 saturated carbocycles. The highest BCUT2D eigenvalue weighted by atomic mass is 16.6. The van der Waals surface area contributed by atoms with Crippen LogP contribution in [0.15, 0.2) is 18.3 Å². The molecule has 1 aromatic heterocycles. The summed E-state index contributed by atoms with van der Waals surface area (Å²) in [7, 11) is 0. The zero-order valence-electron chi connectivity index (χ0n) is 14.3.